The predicted octanol–water partition coefficient (Wildman–Crippen LogP) is 4.21. The van der Waals surface area contributed by atoms with Crippen LogP contribution in [0, 0.1) is 5.82 Å². The van der Waals surface area contributed by atoms with Gasteiger partial charge in [-0.1, -0.05) is 35.9 Å². The molecule has 2 aromatic heterocycles. The number of H-pyrrole nitrogens is 1. The summed E-state index contributed by atoms with van der Waals surface area (Å²) in [7, 11) is 0. The van der Waals surface area contributed by atoms with E-state index < -0.39 is 6.04 Å². The molecular weight excluding hydrogens is 459 g/mol. The van der Waals surface area contributed by atoms with Gasteiger partial charge in [-0.25, -0.2) is 8.91 Å². The number of nitrogens with one attached hydrogen (secondary N) is 2. The first-order chi connectivity index (χ1) is 16.4. The highest BCUT2D eigenvalue weighted by atomic mass is 35.5. The molecule has 3 N–H and O–H groups in total. The second-order valence-electron chi connectivity index (χ2n) is 8.43. The fourth-order valence-electron chi connectivity index (χ4n) is 4.23. The number of nitrogens with zero attached hydrogens (tertiary/aromatic N) is 2. The van der Waals surface area contributed by atoms with E-state index in [1.54, 1.807) is 42.6 Å². The number of carbonyl (C=O) groups is 1. The first-order valence-corrected chi connectivity index (χ1v) is 11.4. The number of benzene rings is 2. The van der Waals surface area contributed by atoms with Crippen molar-refractivity contribution in [3.05, 3.63) is 92.6 Å². The molecule has 7 nitrogen and oxygen atoms in total. The second kappa shape index (κ2) is 9.04. The van der Waals surface area contributed by atoms with E-state index in [0.29, 0.717) is 38.6 Å². The van der Waals surface area contributed by atoms with E-state index in [9.17, 15) is 19.1 Å². The SMILES string of the molecule is O=C(N[C@H](CCO)c1ccc(F)cc1)c1cn2nc(-c3cccc(Cl)c3)[nH]c(=O)c2c1C1CC1. The summed E-state index contributed by atoms with van der Waals surface area (Å²) in [6.07, 6.45) is 3.60. The molecule has 1 atom stereocenters. The van der Waals surface area contributed by atoms with Gasteiger partial charge in [-0.2, -0.15) is 0 Å². The van der Waals surface area contributed by atoms with Crippen LogP contribution in [0.5, 0.6) is 0 Å². The van der Waals surface area contributed by atoms with E-state index in [1.807, 2.05) is 0 Å². The van der Waals surface area contributed by atoms with E-state index in [-0.39, 0.29) is 36.2 Å². The van der Waals surface area contributed by atoms with Gasteiger partial charge in [0.2, 0.25) is 0 Å². The number of fused-ring (bicyclic) bond motifs is 1. The van der Waals surface area contributed by atoms with E-state index in [4.69, 9.17) is 11.6 Å². The van der Waals surface area contributed by atoms with Crippen LogP contribution in [0.4, 0.5) is 4.39 Å². The van der Waals surface area contributed by atoms with Gasteiger partial charge in [0, 0.05) is 29.0 Å². The van der Waals surface area contributed by atoms with Gasteiger partial charge in [-0.3, -0.25) is 9.59 Å². The zero-order valence-electron chi connectivity index (χ0n) is 18.1. The van der Waals surface area contributed by atoms with Crippen LogP contribution >= 0.6 is 11.6 Å². The number of aliphatic hydroxyl groups is 1. The molecule has 1 saturated carbocycles. The number of aliphatic hydroxyl groups excluding tert-OH is 1. The van der Waals surface area contributed by atoms with Crippen LogP contribution in [0.1, 0.15) is 52.7 Å². The van der Waals surface area contributed by atoms with E-state index in [2.05, 4.69) is 15.4 Å². The van der Waals surface area contributed by atoms with E-state index in [1.165, 1.54) is 16.6 Å². The summed E-state index contributed by atoms with van der Waals surface area (Å²) in [5.41, 5.74) is 2.38. The van der Waals surface area contributed by atoms with Gasteiger partial charge in [0.1, 0.15) is 11.3 Å². The summed E-state index contributed by atoms with van der Waals surface area (Å²) in [5.74, 6) is -0.311. The van der Waals surface area contributed by atoms with Crippen LogP contribution in [0.3, 0.4) is 0 Å². The summed E-state index contributed by atoms with van der Waals surface area (Å²) >= 11 is 6.09. The number of aromatic amines is 1. The fourth-order valence-corrected chi connectivity index (χ4v) is 4.42. The Labute approximate surface area is 199 Å². The van der Waals surface area contributed by atoms with Gasteiger partial charge >= 0.3 is 0 Å². The molecule has 5 rings (SSSR count). The summed E-state index contributed by atoms with van der Waals surface area (Å²) in [6.45, 7) is -0.153. The summed E-state index contributed by atoms with van der Waals surface area (Å²) in [5, 5.41) is 17.5. The lowest BCUT2D eigenvalue weighted by atomic mass is 10.0. The molecule has 0 radical (unpaired) electrons. The van der Waals surface area contributed by atoms with Crippen LogP contribution in [0.15, 0.2) is 59.5 Å². The van der Waals surface area contributed by atoms with Gasteiger partial charge in [0.05, 0.1) is 11.6 Å². The number of hydrogen-bond donors (Lipinski definition) is 3. The van der Waals surface area contributed by atoms with Crippen LogP contribution in [0.25, 0.3) is 16.9 Å². The highest BCUT2D eigenvalue weighted by Gasteiger charge is 2.34. The van der Waals surface area contributed by atoms with Crippen LogP contribution in [-0.2, 0) is 0 Å². The van der Waals surface area contributed by atoms with E-state index in [0.717, 1.165) is 12.8 Å². The number of halogens is 2. The Morgan fingerprint density at radius 2 is 2.03 bits per heavy atom. The van der Waals surface area contributed by atoms with Crippen molar-refractivity contribution >= 4 is 23.0 Å². The molecule has 2 heterocycles. The maximum atomic E-state index is 13.4. The first-order valence-electron chi connectivity index (χ1n) is 11.0. The zero-order valence-corrected chi connectivity index (χ0v) is 18.8. The fraction of sp³-hybridized carbons (Fsp3) is 0.240. The standard InChI is InChI=1S/C25H22ClFN4O3/c26-17-3-1-2-16(12-17)23-29-25(34)22-21(15-4-5-15)19(13-31(22)30-23)24(33)28-20(10-11-32)14-6-8-18(27)9-7-14/h1-3,6-9,12-13,15,20,32H,4-5,10-11H2,(H,28,33)(H,29,30,34)/t20-/m1/s1. The van der Waals surface area contributed by atoms with Gasteiger partial charge in [0.15, 0.2) is 5.82 Å². The molecule has 1 amide bonds. The third kappa shape index (κ3) is 4.34. The summed E-state index contributed by atoms with van der Waals surface area (Å²) in [4.78, 5) is 29.3. The molecule has 1 aliphatic carbocycles. The Morgan fingerprint density at radius 3 is 2.71 bits per heavy atom. The monoisotopic (exact) mass is 480 g/mol. The Hall–Kier alpha value is -3.49. The zero-order chi connectivity index (χ0) is 23.8. The molecule has 0 spiro atoms. The van der Waals surface area contributed by atoms with E-state index >= 15 is 0 Å². The average molecular weight is 481 g/mol. The Kier molecular flexibility index (Phi) is 5.93. The number of carbonyl (C=O) groups excluding carboxylic acids is 1. The predicted molar refractivity (Wildman–Crippen MR) is 127 cm³/mol. The molecule has 34 heavy (non-hydrogen) atoms. The Bertz CT molecular complexity index is 1430. The van der Waals surface area contributed by atoms with Gasteiger partial charge in [-0.15, -0.1) is 5.10 Å². The van der Waals surface area contributed by atoms with Crippen molar-refractivity contribution in [3.63, 3.8) is 0 Å². The first kappa shape index (κ1) is 22.3. The Balaban J connectivity index is 1.55. The van der Waals surface area contributed by atoms with Crippen LogP contribution in [0.2, 0.25) is 5.02 Å². The lowest BCUT2D eigenvalue weighted by molar-refractivity contribution is 0.0929. The van der Waals surface area contributed by atoms with Crippen molar-refractivity contribution in [2.75, 3.05) is 6.61 Å². The smallest absolute Gasteiger partial charge is 0.275 e. The third-order valence-electron chi connectivity index (χ3n) is 6.00. The number of rotatable bonds is 7. The lowest BCUT2D eigenvalue weighted by Gasteiger charge is -2.18. The van der Waals surface area contributed by atoms with Crippen molar-refractivity contribution in [2.24, 2.45) is 0 Å². The normalized spacial score (nSPS) is 14.3. The lowest BCUT2D eigenvalue weighted by Crippen LogP contribution is -2.29. The highest BCUT2D eigenvalue weighted by Crippen LogP contribution is 2.43. The quantitative estimate of drug-likeness (QED) is 0.369. The topological polar surface area (TPSA) is 99.5 Å². The summed E-state index contributed by atoms with van der Waals surface area (Å²) in [6, 6.07) is 12.3. The molecule has 4 aromatic rings. The minimum Gasteiger partial charge on any atom is -0.396 e. The number of hydrogen-bond acceptors (Lipinski definition) is 4. The number of amides is 1. The van der Waals surface area contributed by atoms with Crippen molar-refractivity contribution in [2.45, 2.75) is 31.2 Å². The van der Waals surface area contributed by atoms with Gasteiger partial charge < -0.3 is 15.4 Å². The molecule has 1 fully saturated rings. The molecule has 0 saturated heterocycles. The minimum absolute atomic E-state index is 0.104. The molecule has 0 aliphatic heterocycles. The highest BCUT2D eigenvalue weighted by molar-refractivity contribution is 6.30. The number of aromatic nitrogens is 3. The maximum Gasteiger partial charge on any atom is 0.275 e. The molecule has 9 heteroatoms. The molecule has 0 unspecified atom stereocenters. The molecule has 1 aliphatic rings. The van der Waals surface area contributed by atoms with Crippen molar-refractivity contribution in [3.8, 4) is 11.4 Å². The summed E-state index contributed by atoms with van der Waals surface area (Å²) < 4.78 is 14.8. The molecule has 2 aromatic carbocycles. The van der Waals surface area contributed by atoms with Crippen LogP contribution < -0.4 is 10.9 Å². The average Bonchev–Trinajstić information content (AvgIpc) is 3.58. The maximum absolute atomic E-state index is 13.4. The molecule has 0 bridgehead atoms. The van der Waals surface area contributed by atoms with Crippen LogP contribution in [-0.4, -0.2) is 32.2 Å². The third-order valence-corrected chi connectivity index (χ3v) is 6.24. The van der Waals surface area contributed by atoms with Crippen molar-refractivity contribution in [1.82, 2.24) is 19.9 Å². The van der Waals surface area contributed by atoms with Gasteiger partial charge in [0.25, 0.3) is 11.5 Å². The Morgan fingerprint density at radius 1 is 1.26 bits per heavy atom. The van der Waals surface area contributed by atoms with Crippen molar-refractivity contribution in [1.29, 1.82) is 0 Å². The second-order valence-corrected chi connectivity index (χ2v) is 8.86. The molecular formula is C25H22ClFN4O3. The van der Waals surface area contributed by atoms with Crippen molar-refractivity contribution < 1.29 is 14.3 Å². The largest absolute Gasteiger partial charge is 0.396 e. The molecule has 174 valence electrons. The minimum atomic E-state index is -0.513. The van der Waals surface area contributed by atoms with Gasteiger partial charge in [-0.05, 0) is 55.0 Å².